The standard InChI is InChI=1S/C45H63I5N6O24/c46-33-31(42(74)54(5-22(67)13-59)6-23(68)14-60)36(49)39(37(50)32(33)43(75)55(7-24(69)15-61)8-25(70)16-62)52-45(77)79-2-1-78-44(76)51-38-34(47)29(40(72)53(3-20(65)11-57)4-21(66)12-58)28-19-80-27(18-64)10-56(9-26(71)17-63)41(73)30(28)35(38)48/h20-27,57-71H,1-19H2,(H,51,76)(H,52,77). The fraction of sp³-hybridized carbons (Fsp3) is 0.600. The van der Waals surface area contributed by atoms with Crippen LogP contribution >= 0.6 is 113 Å². The molecule has 0 spiro atoms. The zero-order valence-corrected chi connectivity index (χ0v) is 52.9. The molecule has 6 amide bonds. The van der Waals surface area contributed by atoms with Gasteiger partial charge in [-0.1, -0.05) is 0 Å². The minimum atomic E-state index is -1.56. The van der Waals surface area contributed by atoms with Crippen molar-refractivity contribution in [3.63, 3.8) is 0 Å². The number of nitrogens with one attached hydrogen (secondary N) is 2. The Morgan fingerprint density at radius 3 is 1.18 bits per heavy atom. The summed E-state index contributed by atoms with van der Waals surface area (Å²) in [4.78, 5) is 88.8. The van der Waals surface area contributed by atoms with Crippen LogP contribution in [0, 0.1) is 17.9 Å². The van der Waals surface area contributed by atoms with E-state index in [1.165, 1.54) is 0 Å². The lowest BCUT2D eigenvalue weighted by atomic mass is 9.96. The number of benzene rings is 2. The molecule has 8 unspecified atom stereocenters. The van der Waals surface area contributed by atoms with E-state index in [4.69, 9.17) is 14.2 Å². The van der Waals surface area contributed by atoms with Crippen molar-refractivity contribution in [1.82, 2.24) is 19.6 Å². The Kier molecular flexibility index (Phi) is 31.9. The van der Waals surface area contributed by atoms with Crippen molar-refractivity contribution in [3.8, 4) is 0 Å². The number of ether oxygens (including phenoxy) is 3. The SMILES string of the molecule is O=C(Nc1c(I)c(C(=O)N(CC(O)CO)CC(O)CO)c(I)c(C(=O)N(CC(O)CO)CC(O)CO)c1I)OCCOC(=O)Nc1c(I)c(C(=O)N(CC(O)CO)CC(O)CO)c2c(c1I)C(=O)N(CC(O)CO)CC(CO)OC2. The van der Waals surface area contributed by atoms with Gasteiger partial charge in [0.25, 0.3) is 23.6 Å². The second-order valence-corrected chi connectivity index (χ2v) is 23.0. The van der Waals surface area contributed by atoms with E-state index in [1.54, 1.807) is 113 Å². The maximum absolute atomic E-state index is 14.6. The number of aliphatic hydroxyl groups excluding tert-OH is 15. The van der Waals surface area contributed by atoms with Gasteiger partial charge in [-0.05, 0) is 113 Å². The first-order valence-electron chi connectivity index (χ1n) is 23.8. The average Bonchev–Trinajstić information content (AvgIpc) is 3.43. The van der Waals surface area contributed by atoms with Gasteiger partial charge in [0.05, 0.1) is 156 Å². The van der Waals surface area contributed by atoms with Crippen molar-refractivity contribution in [2.24, 2.45) is 0 Å². The van der Waals surface area contributed by atoms with Gasteiger partial charge in [-0.2, -0.15) is 0 Å². The van der Waals surface area contributed by atoms with Gasteiger partial charge in [-0.3, -0.25) is 29.8 Å². The summed E-state index contributed by atoms with van der Waals surface area (Å²) in [6, 6.07) is 0. The van der Waals surface area contributed by atoms with Gasteiger partial charge < -0.3 is 110 Å². The fourth-order valence-electron chi connectivity index (χ4n) is 7.52. The lowest BCUT2D eigenvalue weighted by molar-refractivity contribution is -0.0277. The number of anilines is 2. The smallest absolute Gasteiger partial charge is 0.411 e. The van der Waals surface area contributed by atoms with Crippen molar-refractivity contribution >= 4 is 160 Å². The molecule has 3 rings (SSSR count). The number of amides is 6. The molecule has 0 fully saturated rings. The van der Waals surface area contributed by atoms with E-state index in [9.17, 15) is 105 Å². The second-order valence-electron chi connectivity index (χ2n) is 17.6. The van der Waals surface area contributed by atoms with E-state index in [-0.39, 0.29) is 63.6 Å². The summed E-state index contributed by atoms with van der Waals surface area (Å²) < 4.78 is 16.2. The number of hydrogen-bond acceptors (Lipinski definition) is 24. The molecule has 0 aromatic heterocycles. The topological polar surface area (TPSA) is 471 Å². The van der Waals surface area contributed by atoms with Crippen LogP contribution in [0.2, 0.25) is 0 Å². The second kappa shape index (κ2) is 35.4. The molecule has 35 heteroatoms. The summed E-state index contributed by atoms with van der Waals surface area (Å²) in [6.07, 6.45) is -14.5. The van der Waals surface area contributed by atoms with Crippen molar-refractivity contribution in [3.05, 3.63) is 45.7 Å². The highest BCUT2D eigenvalue weighted by Crippen LogP contribution is 2.40. The zero-order chi connectivity index (χ0) is 60.3. The van der Waals surface area contributed by atoms with Crippen LogP contribution in [0.25, 0.3) is 0 Å². The highest BCUT2D eigenvalue weighted by atomic mass is 127. The maximum Gasteiger partial charge on any atom is 0.411 e. The Labute approximate surface area is 524 Å². The molecular formula is C45H63I5N6O24. The molecule has 452 valence electrons. The third-order valence-electron chi connectivity index (χ3n) is 11.4. The third-order valence-corrected chi connectivity index (χ3v) is 16.8. The minimum Gasteiger partial charge on any atom is -0.446 e. The van der Waals surface area contributed by atoms with E-state index < -0.39 is 203 Å². The Morgan fingerprint density at radius 2 is 0.838 bits per heavy atom. The van der Waals surface area contributed by atoms with Gasteiger partial charge in [-0.15, -0.1) is 0 Å². The molecule has 0 aliphatic carbocycles. The van der Waals surface area contributed by atoms with Crippen molar-refractivity contribution in [2.45, 2.75) is 55.4 Å². The van der Waals surface area contributed by atoms with Crippen LogP contribution in [0.5, 0.6) is 0 Å². The van der Waals surface area contributed by atoms with Crippen LogP contribution < -0.4 is 10.6 Å². The van der Waals surface area contributed by atoms with Crippen LogP contribution in [0.3, 0.4) is 0 Å². The highest BCUT2D eigenvalue weighted by Gasteiger charge is 2.38. The van der Waals surface area contributed by atoms with E-state index in [0.29, 0.717) is 0 Å². The molecule has 1 aliphatic heterocycles. The molecule has 0 saturated carbocycles. The number of hydrogen-bond donors (Lipinski definition) is 17. The average molecular weight is 1710 g/mol. The Bertz CT molecular complexity index is 2350. The fourth-order valence-corrected chi connectivity index (χ4v) is 14.3. The van der Waals surface area contributed by atoms with Gasteiger partial charge in [0.1, 0.15) is 13.2 Å². The molecule has 17 N–H and O–H groups in total. The molecule has 80 heavy (non-hydrogen) atoms. The van der Waals surface area contributed by atoms with Gasteiger partial charge in [0, 0.05) is 61.5 Å². The summed E-state index contributed by atoms with van der Waals surface area (Å²) in [5.74, 6) is -3.85. The van der Waals surface area contributed by atoms with Crippen LogP contribution in [0.4, 0.5) is 21.0 Å². The number of carbonyl (C=O) groups excluding carboxylic acids is 6. The van der Waals surface area contributed by atoms with Crippen molar-refractivity contribution in [2.75, 3.05) is 129 Å². The summed E-state index contributed by atoms with van der Waals surface area (Å²) in [6.45, 7) is -12.8. The minimum absolute atomic E-state index is 0.0185. The predicted molar refractivity (Wildman–Crippen MR) is 317 cm³/mol. The van der Waals surface area contributed by atoms with Crippen LogP contribution in [-0.4, -0.2) is 299 Å². The Hall–Kier alpha value is -2.13. The molecule has 0 saturated heterocycles. The first-order valence-corrected chi connectivity index (χ1v) is 29.2. The quantitative estimate of drug-likeness (QED) is 0.0260. The molecule has 2 aromatic rings. The number of halogens is 5. The summed E-state index contributed by atoms with van der Waals surface area (Å²) in [7, 11) is 0. The number of carbonyl (C=O) groups is 6. The number of fused-ring (bicyclic) bond motifs is 1. The summed E-state index contributed by atoms with van der Waals surface area (Å²) in [5, 5.41) is 155. The lowest BCUT2D eigenvalue weighted by Crippen LogP contribution is -2.47. The summed E-state index contributed by atoms with van der Waals surface area (Å²) >= 11 is 8.34. The summed E-state index contributed by atoms with van der Waals surface area (Å²) in [5.41, 5.74) is -1.84. The van der Waals surface area contributed by atoms with Gasteiger partial charge >= 0.3 is 12.2 Å². The van der Waals surface area contributed by atoms with E-state index in [2.05, 4.69) is 10.6 Å². The molecule has 0 bridgehead atoms. The Balaban J connectivity index is 2.09. The van der Waals surface area contributed by atoms with Crippen LogP contribution in [-0.2, 0) is 20.8 Å². The molecule has 1 aliphatic rings. The normalized spacial score (nSPS) is 16.2. The molecule has 1 heterocycles. The van der Waals surface area contributed by atoms with Crippen LogP contribution in [0.1, 0.15) is 47.0 Å². The number of aliphatic hydroxyl groups is 15. The molecule has 2 aromatic carbocycles. The Morgan fingerprint density at radius 1 is 0.512 bits per heavy atom. The lowest BCUT2D eigenvalue weighted by Gasteiger charge is -2.34. The molecule has 0 radical (unpaired) electrons. The highest BCUT2D eigenvalue weighted by molar-refractivity contribution is 14.1. The zero-order valence-electron chi connectivity index (χ0n) is 42.1. The number of β-amino-alcohol motifs (C(OH)–C–C–N with tert-alkyl or cyclic N) is 1. The molecular weight excluding hydrogens is 1640 g/mol. The monoisotopic (exact) mass is 1710 g/mol. The number of nitrogens with zero attached hydrogens (tertiary/aromatic N) is 4. The van der Waals surface area contributed by atoms with Crippen molar-refractivity contribution in [1.29, 1.82) is 0 Å². The first-order chi connectivity index (χ1) is 37.8. The van der Waals surface area contributed by atoms with Gasteiger partial charge in [-0.25, -0.2) is 9.59 Å². The molecule has 8 atom stereocenters. The van der Waals surface area contributed by atoms with Gasteiger partial charge in [0.15, 0.2) is 0 Å². The van der Waals surface area contributed by atoms with E-state index in [0.717, 1.165) is 19.6 Å². The van der Waals surface area contributed by atoms with Gasteiger partial charge in [0.2, 0.25) is 0 Å². The largest absolute Gasteiger partial charge is 0.446 e. The van der Waals surface area contributed by atoms with E-state index in [1.807, 2.05) is 0 Å². The maximum atomic E-state index is 14.6. The number of rotatable bonds is 30. The predicted octanol–water partition coefficient (Wildman–Crippen LogP) is -4.36. The molecule has 30 nitrogen and oxygen atoms in total. The van der Waals surface area contributed by atoms with E-state index >= 15 is 0 Å². The third kappa shape index (κ3) is 20.0. The van der Waals surface area contributed by atoms with Crippen LogP contribution in [0.15, 0.2) is 0 Å². The van der Waals surface area contributed by atoms with Crippen molar-refractivity contribution < 1.29 is 120 Å². The first kappa shape index (κ1) is 72.1.